The molecular weight excluding hydrogens is 949 g/mol. The minimum Gasteiger partial charge on any atom is -0.455 e. The fourth-order valence-corrected chi connectivity index (χ4v) is 9.83. The quantitative estimate of drug-likeness (QED) is 0.0610. The highest BCUT2D eigenvalue weighted by Gasteiger charge is 2.48. The minimum atomic E-state index is -6.13. The Morgan fingerprint density at radius 1 is 0.926 bits per heavy atom. The van der Waals surface area contributed by atoms with Gasteiger partial charge in [0.15, 0.2) is 0 Å². The number of benzene rings is 4. The molecule has 6 aromatic rings. The molecule has 0 spiro atoms. The Kier molecular flexibility index (Phi) is 14.6. The number of nitrogens with one attached hydrogen (secondary N) is 4. The van der Waals surface area contributed by atoms with Crippen molar-refractivity contribution in [2.75, 3.05) is 36.4 Å². The van der Waals surface area contributed by atoms with Crippen LogP contribution in [0.5, 0.6) is 11.5 Å². The van der Waals surface area contributed by atoms with Gasteiger partial charge in [-0.15, -0.1) is 0 Å². The van der Waals surface area contributed by atoms with Gasteiger partial charge < -0.3 is 35.1 Å². The van der Waals surface area contributed by atoms with Gasteiger partial charge >= 0.3 is 11.6 Å². The van der Waals surface area contributed by atoms with Crippen molar-refractivity contribution in [1.82, 2.24) is 20.0 Å². The third kappa shape index (κ3) is 11.7. The summed E-state index contributed by atoms with van der Waals surface area (Å²) < 4.78 is 108. The molecule has 2 amide bonds. The van der Waals surface area contributed by atoms with Crippen LogP contribution in [0.15, 0.2) is 119 Å². The third-order valence-corrected chi connectivity index (χ3v) is 14.1. The highest BCUT2D eigenvalue weighted by Crippen LogP contribution is 2.40. The van der Waals surface area contributed by atoms with Crippen LogP contribution in [0.1, 0.15) is 62.1 Å². The number of aliphatic hydroxyl groups is 1. The van der Waals surface area contributed by atoms with E-state index in [-0.39, 0.29) is 42.5 Å². The first-order valence-corrected chi connectivity index (χ1v) is 24.7. The summed E-state index contributed by atoms with van der Waals surface area (Å²) >= 11 is 6.13. The molecule has 4 aromatic carbocycles. The predicted octanol–water partition coefficient (Wildman–Crippen LogP) is 9.36. The Bertz CT molecular complexity index is 3030. The second-order valence-electron chi connectivity index (χ2n) is 17.0. The zero-order chi connectivity index (χ0) is 49.0. The second-order valence-corrected chi connectivity index (χ2v) is 21.0. The number of alkyl carbamates (subject to hydrolysis) is 1. The zero-order valence-corrected chi connectivity index (χ0v) is 39.3. The number of nitrogens with zero attached hydrogens (tertiary/aromatic N) is 2. The summed E-state index contributed by atoms with van der Waals surface area (Å²) in [6.07, 6.45) is 2.85. The molecule has 1 aliphatic rings. The Labute approximate surface area is 396 Å². The van der Waals surface area contributed by atoms with E-state index < -0.39 is 64.6 Å². The summed E-state index contributed by atoms with van der Waals surface area (Å²) in [5.41, 5.74) is -3.68. The zero-order valence-electron chi connectivity index (χ0n) is 36.9. The SMILES string of the molecule is CC(C)(C)OC(=O)NCCCNc1ccc(S(=O)(=O)NC(=O)c2ccc(N3CCC([C@@H](O)c4ccccc4-c4ccc(Cl)cc4)CC3)cc2Oc2cnc3[nH]ccc3c2)cc1S(=O)(=O)C(F)(F)F. The lowest BCUT2D eigenvalue weighted by molar-refractivity contribution is -0.0436. The van der Waals surface area contributed by atoms with Gasteiger partial charge in [-0.2, -0.15) is 13.2 Å². The number of aromatic amines is 1. The molecule has 1 fully saturated rings. The molecular formula is C47H48ClF3N6O9S2. The number of pyridine rings is 1. The Hall–Kier alpha value is -6.35. The number of H-pyrrole nitrogens is 1. The number of halogens is 4. The molecule has 68 heavy (non-hydrogen) atoms. The first-order valence-electron chi connectivity index (χ1n) is 21.4. The van der Waals surface area contributed by atoms with Crippen LogP contribution in [-0.2, 0) is 24.6 Å². The van der Waals surface area contributed by atoms with Crippen LogP contribution in [0, 0.1) is 5.92 Å². The number of amides is 2. The van der Waals surface area contributed by atoms with Gasteiger partial charge in [0.25, 0.3) is 25.8 Å². The molecule has 3 heterocycles. The van der Waals surface area contributed by atoms with Crippen LogP contribution >= 0.6 is 11.6 Å². The number of sulfone groups is 1. The smallest absolute Gasteiger partial charge is 0.455 e. The van der Waals surface area contributed by atoms with Gasteiger partial charge in [-0.1, -0.05) is 48.0 Å². The number of carbonyl (C=O) groups is 2. The number of ether oxygens (including phenoxy) is 2. The largest absolute Gasteiger partial charge is 0.501 e. The number of hydrogen-bond donors (Lipinski definition) is 5. The molecule has 1 saturated heterocycles. The molecule has 0 bridgehead atoms. The average Bonchev–Trinajstić information content (AvgIpc) is 3.76. The lowest BCUT2D eigenvalue weighted by Crippen LogP contribution is -2.36. The van der Waals surface area contributed by atoms with E-state index in [1.807, 2.05) is 46.0 Å². The number of aliphatic hydroxyl groups excluding tert-OH is 1. The van der Waals surface area contributed by atoms with Crippen LogP contribution < -0.4 is 25.0 Å². The molecule has 1 atom stereocenters. The molecule has 15 nitrogen and oxygen atoms in total. The lowest BCUT2D eigenvalue weighted by Gasteiger charge is -2.36. The van der Waals surface area contributed by atoms with E-state index in [1.165, 1.54) is 12.3 Å². The van der Waals surface area contributed by atoms with E-state index in [2.05, 4.69) is 20.6 Å². The van der Waals surface area contributed by atoms with Crippen molar-refractivity contribution < 1.29 is 54.2 Å². The number of alkyl halides is 3. The highest BCUT2D eigenvalue weighted by atomic mass is 35.5. The molecule has 21 heteroatoms. The number of carbonyl (C=O) groups excluding carboxylic acids is 2. The van der Waals surface area contributed by atoms with E-state index in [0.29, 0.717) is 53.7 Å². The summed E-state index contributed by atoms with van der Waals surface area (Å²) in [5.74, 6) is -1.23. The van der Waals surface area contributed by atoms with Crippen LogP contribution in [0.3, 0.4) is 0 Å². The summed E-state index contributed by atoms with van der Waals surface area (Å²) in [7, 11) is -11.2. The number of aromatic nitrogens is 2. The van der Waals surface area contributed by atoms with Crippen LogP contribution in [0.4, 0.5) is 29.3 Å². The summed E-state index contributed by atoms with van der Waals surface area (Å²) in [6, 6.07) is 24.9. The maximum Gasteiger partial charge on any atom is 0.501 e. The summed E-state index contributed by atoms with van der Waals surface area (Å²) in [4.78, 5) is 32.9. The Balaban J connectivity index is 1.11. The van der Waals surface area contributed by atoms with Crippen LogP contribution in [0.25, 0.3) is 22.2 Å². The second kappa shape index (κ2) is 20.1. The molecule has 0 unspecified atom stereocenters. The van der Waals surface area contributed by atoms with Crippen LogP contribution in [-0.4, -0.2) is 81.2 Å². The number of fused-ring (bicyclic) bond motifs is 1. The standard InChI is InChI=1S/C47H48ClF3N6O9S2/c1-46(2,3)66-45(60)54-21-6-20-52-39-16-14-35(27-41(39)67(61,62)47(49,50)51)68(63,64)56-44(59)38-15-13-33(26-40(38)65-34-25-31-17-22-53-43(31)55-28-34)57-23-18-30(19-24-57)42(58)37-8-5-4-7-36(37)29-9-11-32(48)12-10-29/h4-5,7-17,22,25-28,30,42,52,58H,6,18-21,23-24H2,1-3H3,(H,53,55)(H,54,60)(H,56,59)/t42-/m1/s1. The molecule has 0 aliphatic carbocycles. The van der Waals surface area contributed by atoms with Gasteiger partial charge in [0.05, 0.1) is 28.4 Å². The van der Waals surface area contributed by atoms with Crippen molar-refractivity contribution in [3.8, 4) is 22.6 Å². The van der Waals surface area contributed by atoms with E-state index >= 15 is 0 Å². The molecule has 0 radical (unpaired) electrons. The monoisotopic (exact) mass is 996 g/mol. The molecule has 5 N–H and O–H groups in total. The minimum absolute atomic E-state index is 0.0101. The maximum absolute atomic E-state index is 14.0. The first-order chi connectivity index (χ1) is 32.1. The third-order valence-electron chi connectivity index (χ3n) is 11.0. The Morgan fingerprint density at radius 2 is 1.65 bits per heavy atom. The van der Waals surface area contributed by atoms with Gasteiger partial charge in [-0.05, 0) is 117 Å². The Morgan fingerprint density at radius 3 is 2.35 bits per heavy atom. The molecule has 360 valence electrons. The summed E-state index contributed by atoms with van der Waals surface area (Å²) in [6.45, 7) is 5.84. The van der Waals surface area contributed by atoms with Gasteiger partial charge in [-0.25, -0.2) is 31.3 Å². The van der Waals surface area contributed by atoms with Crippen LogP contribution in [0.2, 0.25) is 5.02 Å². The van der Waals surface area contributed by atoms with Gasteiger partial charge in [-0.3, -0.25) is 4.79 Å². The van der Waals surface area contributed by atoms with E-state index in [4.69, 9.17) is 21.1 Å². The highest BCUT2D eigenvalue weighted by molar-refractivity contribution is 7.92. The van der Waals surface area contributed by atoms with Crippen molar-refractivity contribution in [2.45, 2.75) is 67.0 Å². The predicted molar refractivity (Wildman–Crippen MR) is 251 cm³/mol. The van der Waals surface area contributed by atoms with E-state index in [0.717, 1.165) is 28.8 Å². The number of hydrogen-bond acceptors (Lipinski definition) is 12. The van der Waals surface area contributed by atoms with Crippen molar-refractivity contribution in [3.05, 3.63) is 126 Å². The van der Waals surface area contributed by atoms with E-state index in [1.54, 1.807) is 63.4 Å². The lowest BCUT2D eigenvalue weighted by atomic mass is 9.84. The molecule has 7 rings (SSSR count). The maximum atomic E-state index is 14.0. The normalized spacial score (nSPS) is 14.3. The van der Waals surface area contributed by atoms with E-state index in [9.17, 15) is 44.7 Å². The molecule has 0 saturated carbocycles. The van der Waals surface area contributed by atoms with Crippen molar-refractivity contribution in [1.29, 1.82) is 0 Å². The van der Waals surface area contributed by atoms with Crippen molar-refractivity contribution in [3.63, 3.8) is 0 Å². The van der Waals surface area contributed by atoms with Gasteiger partial charge in [0.1, 0.15) is 27.6 Å². The topological polar surface area (TPSA) is 209 Å². The molecule has 2 aromatic heterocycles. The van der Waals surface area contributed by atoms with Crippen molar-refractivity contribution in [2.24, 2.45) is 5.92 Å². The fraction of sp³-hybridized carbons (Fsp3) is 0.298. The number of piperidine rings is 1. The number of rotatable bonds is 15. The number of sulfonamides is 1. The van der Waals surface area contributed by atoms with Crippen molar-refractivity contribution >= 4 is 65.9 Å². The average molecular weight is 998 g/mol. The number of anilines is 2. The fourth-order valence-electron chi connectivity index (χ4n) is 7.67. The molecule has 1 aliphatic heterocycles. The first kappa shape index (κ1) is 49.6. The van der Waals surface area contributed by atoms with Gasteiger partial charge in [0.2, 0.25) is 0 Å². The van der Waals surface area contributed by atoms with Gasteiger partial charge in [0, 0.05) is 54.5 Å². The summed E-state index contributed by atoms with van der Waals surface area (Å²) in [5, 5.41) is 18.0.